The van der Waals surface area contributed by atoms with Gasteiger partial charge in [0.05, 0.1) is 0 Å². The molecule has 0 fully saturated rings. The molecule has 138 valence electrons. The Kier molecular flexibility index (Phi) is 6.48. The predicted molar refractivity (Wildman–Crippen MR) is 96.8 cm³/mol. The standard InChI is InChI=1S/C18H22N4O4/c1-11-5-7-15(25-11)13(3)19-21-17(23)9-10-18(24)22-20-14(4)16-8-6-12(2)26-16/h5-8H,9-10H2,1-4H3,(H,21,23)(H,22,24)/b19-13-,20-14-. The number of nitrogens with one attached hydrogen (secondary N) is 2. The van der Waals surface area contributed by atoms with Gasteiger partial charge in [0.25, 0.3) is 0 Å². The monoisotopic (exact) mass is 358 g/mol. The van der Waals surface area contributed by atoms with Crippen molar-refractivity contribution >= 4 is 23.2 Å². The number of carbonyl (C=O) groups is 2. The zero-order valence-electron chi connectivity index (χ0n) is 15.3. The molecule has 0 aliphatic carbocycles. The quantitative estimate of drug-likeness (QED) is 0.586. The molecule has 26 heavy (non-hydrogen) atoms. The summed E-state index contributed by atoms with van der Waals surface area (Å²) in [5.74, 6) is 1.95. The molecule has 0 unspecified atom stereocenters. The van der Waals surface area contributed by atoms with Gasteiger partial charge in [-0.1, -0.05) is 0 Å². The Morgan fingerprint density at radius 2 is 1.19 bits per heavy atom. The molecule has 2 rings (SSSR count). The van der Waals surface area contributed by atoms with Gasteiger partial charge in [-0.2, -0.15) is 10.2 Å². The Labute approximate surface area is 151 Å². The molecule has 2 N–H and O–H groups in total. The van der Waals surface area contributed by atoms with Crippen molar-refractivity contribution in [2.75, 3.05) is 0 Å². The van der Waals surface area contributed by atoms with Gasteiger partial charge in [0.15, 0.2) is 0 Å². The van der Waals surface area contributed by atoms with E-state index in [4.69, 9.17) is 8.83 Å². The number of hydrogen-bond acceptors (Lipinski definition) is 6. The lowest BCUT2D eigenvalue weighted by Gasteiger charge is -2.02. The number of amides is 2. The van der Waals surface area contributed by atoms with E-state index < -0.39 is 0 Å². The largest absolute Gasteiger partial charge is 0.460 e. The number of carbonyl (C=O) groups excluding carboxylic acids is 2. The highest BCUT2D eigenvalue weighted by molar-refractivity contribution is 5.97. The predicted octanol–water partition coefficient (Wildman–Crippen LogP) is 2.65. The molecule has 2 aromatic rings. The summed E-state index contributed by atoms with van der Waals surface area (Å²) in [6.45, 7) is 7.09. The Bertz CT molecular complexity index is 775. The average molecular weight is 358 g/mol. The molecule has 0 atom stereocenters. The molecule has 0 bridgehead atoms. The van der Waals surface area contributed by atoms with Gasteiger partial charge in [0.1, 0.15) is 34.5 Å². The van der Waals surface area contributed by atoms with E-state index in [2.05, 4.69) is 21.1 Å². The minimum atomic E-state index is -0.370. The summed E-state index contributed by atoms with van der Waals surface area (Å²) < 4.78 is 10.8. The van der Waals surface area contributed by atoms with Crippen LogP contribution < -0.4 is 10.9 Å². The minimum Gasteiger partial charge on any atom is -0.460 e. The van der Waals surface area contributed by atoms with Crippen LogP contribution in [0.15, 0.2) is 43.3 Å². The Morgan fingerprint density at radius 1 is 0.808 bits per heavy atom. The molecule has 0 saturated heterocycles. The molecule has 2 amide bonds. The van der Waals surface area contributed by atoms with Crippen molar-refractivity contribution in [1.82, 2.24) is 10.9 Å². The highest BCUT2D eigenvalue weighted by atomic mass is 16.3. The molecule has 8 nitrogen and oxygen atoms in total. The SMILES string of the molecule is C/C(=N/NC(=O)CCC(=O)N/N=C(/C)c1ccc(C)o1)c1ccc(C)o1. The maximum atomic E-state index is 11.8. The second kappa shape index (κ2) is 8.80. The van der Waals surface area contributed by atoms with Crippen molar-refractivity contribution in [3.8, 4) is 0 Å². The fourth-order valence-electron chi connectivity index (χ4n) is 2.00. The first-order chi connectivity index (χ1) is 12.3. The number of nitrogens with zero attached hydrogens (tertiary/aromatic N) is 2. The summed E-state index contributed by atoms with van der Waals surface area (Å²) >= 11 is 0. The lowest BCUT2D eigenvalue weighted by molar-refractivity contribution is -0.126. The fourth-order valence-corrected chi connectivity index (χ4v) is 2.00. The average Bonchev–Trinajstić information content (AvgIpc) is 3.24. The van der Waals surface area contributed by atoms with Crippen LogP contribution in [-0.4, -0.2) is 23.2 Å². The molecule has 0 spiro atoms. The van der Waals surface area contributed by atoms with Gasteiger partial charge in [-0.05, 0) is 52.0 Å². The Balaban J connectivity index is 1.75. The third-order valence-corrected chi connectivity index (χ3v) is 3.47. The summed E-state index contributed by atoms with van der Waals surface area (Å²) in [5, 5.41) is 7.91. The van der Waals surface area contributed by atoms with Crippen molar-refractivity contribution in [2.45, 2.75) is 40.5 Å². The van der Waals surface area contributed by atoms with Crippen molar-refractivity contribution in [2.24, 2.45) is 10.2 Å². The van der Waals surface area contributed by atoms with Crippen LogP contribution in [-0.2, 0) is 9.59 Å². The number of furan rings is 2. The molecule has 0 saturated carbocycles. The zero-order valence-corrected chi connectivity index (χ0v) is 15.3. The van der Waals surface area contributed by atoms with Gasteiger partial charge in [-0.15, -0.1) is 0 Å². The molecule has 0 aromatic carbocycles. The van der Waals surface area contributed by atoms with Crippen LogP contribution in [0.5, 0.6) is 0 Å². The first kappa shape index (κ1) is 19.2. The molecule has 2 aromatic heterocycles. The minimum absolute atomic E-state index is 0.00573. The maximum Gasteiger partial charge on any atom is 0.240 e. The van der Waals surface area contributed by atoms with E-state index in [9.17, 15) is 9.59 Å². The van der Waals surface area contributed by atoms with Gasteiger partial charge in [-0.25, -0.2) is 10.9 Å². The zero-order chi connectivity index (χ0) is 19.1. The van der Waals surface area contributed by atoms with E-state index in [-0.39, 0.29) is 24.7 Å². The van der Waals surface area contributed by atoms with Crippen molar-refractivity contribution in [1.29, 1.82) is 0 Å². The fraction of sp³-hybridized carbons (Fsp3) is 0.333. The molecule has 0 aliphatic rings. The second-order valence-corrected chi connectivity index (χ2v) is 5.78. The summed E-state index contributed by atoms with van der Waals surface area (Å²) in [6, 6.07) is 7.17. The third kappa shape index (κ3) is 5.73. The van der Waals surface area contributed by atoms with E-state index >= 15 is 0 Å². The number of aryl methyl sites for hydroxylation is 2. The summed E-state index contributed by atoms with van der Waals surface area (Å²) in [6.07, 6.45) is -0.0115. The van der Waals surface area contributed by atoms with Crippen LogP contribution in [0.25, 0.3) is 0 Å². The highest BCUT2D eigenvalue weighted by Crippen LogP contribution is 2.08. The summed E-state index contributed by atoms with van der Waals surface area (Å²) in [4.78, 5) is 23.5. The molecule has 0 aliphatic heterocycles. The van der Waals surface area contributed by atoms with Crippen molar-refractivity contribution in [3.05, 3.63) is 47.3 Å². The van der Waals surface area contributed by atoms with E-state index in [0.717, 1.165) is 11.5 Å². The van der Waals surface area contributed by atoms with Gasteiger partial charge >= 0.3 is 0 Å². The lowest BCUT2D eigenvalue weighted by Crippen LogP contribution is -2.24. The van der Waals surface area contributed by atoms with Crippen LogP contribution >= 0.6 is 0 Å². The first-order valence-corrected chi connectivity index (χ1v) is 8.15. The van der Waals surface area contributed by atoms with Gasteiger partial charge < -0.3 is 8.83 Å². The van der Waals surface area contributed by atoms with Crippen LogP contribution in [0.4, 0.5) is 0 Å². The van der Waals surface area contributed by atoms with Gasteiger partial charge in [0, 0.05) is 12.8 Å². The van der Waals surface area contributed by atoms with E-state index in [1.165, 1.54) is 0 Å². The van der Waals surface area contributed by atoms with E-state index in [0.29, 0.717) is 22.9 Å². The second-order valence-electron chi connectivity index (χ2n) is 5.78. The number of rotatable bonds is 7. The van der Waals surface area contributed by atoms with Gasteiger partial charge in [-0.3, -0.25) is 9.59 Å². The smallest absolute Gasteiger partial charge is 0.240 e. The summed E-state index contributed by atoms with van der Waals surface area (Å²) in [7, 11) is 0. The van der Waals surface area contributed by atoms with Crippen LogP contribution in [0.2, 0.25) is 0 Å². The first-order valence-electron chi connectivity index (χ1n) is 8.15. The number of hydrazone groups is 2. The normalized spacial score (nSPS) is 12.2. The third-order valence-electron chi connectivity index (χ3n) is 3.47. The molecule has 0 radical (unpaired) electrons. The number of hydrogen-bond donors (Lipinski definition) is 2. The van der Waals surface area contributed by atoms with Crippen LogP contribution in [0.1, 0.15) is 49.7 Å². The highest BCUT2D eigenvalue weighted by Gasteiger charge is 2.08. The van der Waals surface area contributed by atoms with Crippen LogP contribution in [0.3, 0.4) is 0 Å². The van der Waals surface area contributed by atoms with E-state index in [1.54, 1.807) is 26.0 Å². The maximum absolute atomic E-state index is 11.8. The van der Waals surface area contributed by atoms with Gasteiger partial charge in [0.2, 0.25) is 11.8 Å². The van der Waals surface area contributed by atoms with E-state index in [1.807, 2.05) is 26.0 Å². The Morgan fingerprint density at radius 3 is 1.50 bits per heavy atom. The Hall–Kier alpha value is -3.16. The molecular weight excluding hydrogens is 336 g/mol. The van der Waals surface area contributed by atoms with Crippen molar-refractivity contribution in [3.63, 3.8) is 0 Å². The topological polar surface area (TPSA) is 109 Å². The molecule has 2 heterocycles. The van der Waals surface area contributed by atoms with Crippen molar-refractivity contribution < 1.29 is 18.4 Å². The molecule has 8 heteroatoms. The lowest BCUT2D eigenvalue weighted by atomic mass is 10.3. The van der Waals surface area contributed by atoms with Crippen LogP contribution in [0, 0.1) is 13.8 Å². The summed E-state index contributed by atoms with van der Waals surface area (Å²) in [5.41, 5.74) is 5.89. The molecular formula is C18H22N4O4.